The summed E-state index contributed by atoms with van der Waals surface area (Å²) in [5, 5.41) is 22.9. The van der Waals surface area contributed by atoms with Crippen molar-refractivity contribution in [1.29, 1.82) is 0 Å². The molecule has 4 nitrogen and oxygen atoms in total. The molecule has 166 valence electrons. The monoisotopic (exact) mass is 405 g/mol. The maximum Gasteiger partial charge on any atom is 0.129 e. The highest BCUT2D eigenvalue weighted by Crippen LogP contribution is 2.68. The molecule has 0 aromatic rings. The zero-order valence-electron chi connectivity index (χ0n) is 18.9. The average Bonchev–Trinajstić information content (AvgIpc) is 3.01. The van der Waals surface area contributed by atoms with Gasteiger partial charge in [-0.1, -0.05) is 20.8 Å². The minimum atomic E-state index is -0.306. The van der Waals surface area contributed by atoms with Gasteiger partial charge in [-0.15, -0.1) is 0 Å². The Balaban J connectivity index is 1.61. The Morgan fingerprint density at radius 1 is 1.10 bits per heavy atom. The molecule has 0 amide bonds. The Morgan fingerprint density at radius 2 is 1.83 bits per heavy atom. The standard InChI is InChI=1S/C25H43NO3/c1-14(5-6-15(2)27)18-7-8-19-23-20(13-22(29)25(18,19)4)24(3)10-9-17(26)11-16(24)12-21(23)28/h14,16-23,28-29H,5-13,26H2,1-4H3/t14-,16?,17+,18-,19?,20?,21-,22+,23?,24+,25-/m1/s1. The van der Waals surface area contributed by atoms with Crippen molar-refractivity contribution >= 4 is 5.78 Å². The van der Waals surface area contributed by atoms with Gasteiger partial charge in [-0.2, -0.15) is 0 Å². The van der Waals surface area contributed by atoms with Crippen LogP contribution in [0.5, 0.6) is 0 Å². The predicted octanol–water partition coefficient (Wildman–Crippen LogP) is 3.92. The molecule has 0 aliphatic heterocycles. The van der Waals surface area contributed by atoms with Crippen molar-refractivity contribution in [2.75, 3.05) is 0 Å². The third-order valence-corrected chi connectivity index (χ3v) is 10.5. The molecule has 4 heteroatoms. The molecule has 4 unspecified atom stereocenters. The molecule has 4 aliphatic rings. The normalized spacial score (nSPS) is 52.9. The van der Waals surface area contributed by atoms with E-state index in [1.807, 2.05) is 0 Å². The van der Waals surface area contributed by atoms with Crippen LogP contribution in [0, 0.1) is 46.3 Å². The second-order valence-corrected chi connectivity index (χ2v) is 11.8. The van der Waals surface area contributed by atoms with Crippen LogP contribution in [-0.2, 0) is 4.79 Å². The van der Waals surface area contributed by atoms with E-state index in [0.29, 0.717) is 41.9 Å². The van der Waals surface area contributed by atoms with Gasteiger partial charge in [0.25, 0.3) is 0 Å². The van der Waals surface area contributed by atoms with Crippen LogP contribution >= 0.6 is 0 Å². The highest BCUT2D eigenvalue weighted by molar-refractivity contribution is 5.75. The molecule has 4 N–H and O–H groups in total. The van der Waals surface area contributed by atoms with E-state index in [1.165, 1.54) is 0 Å². The van der Waals surface area contributed by atoms with E-state index in [0.717, 1.165) is 51.4 Å². The highest BCUT2D eigenvalue weighted by Gasteiger charge is 2.65. The van der Waals surface area contributed by atoms with Crippen molar-refractivity contribution in [3.8, 4) is 0 Å². The van der Waals surface area contributed by atoms with E-state index >= 15 is 0 Å². The van der Waals surface area contributed by atoms with Gasteiger partial charge < -0.3 is 20.7 Å². The number of rotatable bonds is 4. The first-order valence-corrected chi connectivity index (χ1v) is 12.2. The molecule has 0 spiro atoms. The van der Waals surface area contributed by atoms with Gasteiger partial charge in [-0.05, 0) is 105 Å². The Morgan fingerprint density at radius 3 is 2.52 bits per heavy atom. The summed E-state index contributed by atoms with van der Waals surface area (Å²) in [6.07, 6.45) is 8.19. The fourth-order valence-corrected chi connectivity index (χ4v) is 8.82. The largest absolute Gasteiger partial charge is 0.393 e. The summed E-state index contributed by atoms with van der Waals surface area (Å²) in [4.78, 5) is 11.5. The smallest absolute Gasteiger partial charge is 0.129 e. The summed E-state index contributed by atoms with van der Waals surface area (Å²) in [5.41, 5.74) is 6.37. The second-order valence-electron chi connectivity index (χ2n) is 11.8. The van der Waals surface area contributed by atoms with Gasteiger partial charge in [0.05, 0.1) is 12.2 Å². The molecule has 4 rings (SSSR count). The summed E-state index contributed by atoms with van der Waals surface area (Å²) in [6, 6.07) is 0.272. The van der Waals surface area contributed by atoms with Gasteiger partial charge in [0.1, 0.15) is 5.78 Å². The molecule has 4 aliphatic carbocycles. The van der Waals surface area contributed by atoms with Crippen LogP contribution in [-0.4, -0.2) is 34.2 Å². The molecule has 29 heavy (non-hydrogen) atoms. The van der Waals surface area contributed by atoms with Crippen molar-refractivity contribution < 1.29 is 15.0 Å². The van der Waals surface area contributed by atoms with Crippen LogP contribution in [0.3, 0.4) is 0 Å². The van der Waals surface area contributed by atoms with Crippen LogP contribution in [0.2, 0.25) is 0 Å². The molecular formula is C25H43NO3. The van der Waals surface area contributed by atoms with Crippen molar-refractivity contribution in [3.63, 3.8) is 0 Å². The topological polar surface area (TPSA) is 83.5 Å². The summed E-state index contributed by atoms with van der Waals surface area (Å²) >= 11 is 0. The molecule has 0 bridgehead atoms. The first kappa shape index (κ1) is 21.8. The first-order valence-electron chi connectivity index (χ1n) is 12.2. The van der Waals surface area contributed by atoms with Crippen LogP contribution in [0.25, 0.3) is 0 Å². The van der Waals surface area contributed by atoms with E-state index in [9.17, 15) is 15.0 Å². The summed E-state index contributed by atoms with van der Waals surface area (Å²) in [7, 11) is 0. The maximum atomic E-state index is 11.5. The van der Waals surface area contributed by atoms with E-state index < -0.39 is 0 Å². The van der Waals surface area contributed by atoms with E-state index in [2.05, 4.69) is 20.8 Å². The third-order valence-electron chi connectivity index (χ3n) is 10.5. The lowest BCUT2D eigenvalue weighted by molar-refractivity contribution is -0.202. The minimum absolute atomic E-state index is 0.132. The van der Waals surface area contributed by atoms with E-state index in [1.54, 1.807) is 6.92 Å². The Bertz CT molecular complexity index is 638. The fraction of sp³-hybridized carbons (Fsp3) is 0.960. The number of hydrogen-bond acceptors (Lipinski definition) is 4. The molecular weight excluding hydrogens is 362 g/mol. The van der Waals surface area contributed by atoms with Crippen molar-refractivity contribution in [2.24, 2.45) is 52.1 Å². The van der Waals surface area contributed by atoms with Gasteiger partial charge in [0.2, 0.25) is 0 Å². The van der Waals surface area contributed by atoms with E-state index in [-0.39, 0.29) is 34.9 Å². The molecule has 4 fully saturated rings. The summed E-state index contributed by atoms with van der Waals surface area (Å²) in [6.45, 7) is 8.69. The predicted molar refractivity (Wildman–Crippen MR) is 115 cm³/mol. The van der Waals surface area contributed by atoms with Gasteiger partial charge in [-0.3, -0.25) is 0 Å². The molecule has 0 aromatic heterocycles. The Hall–Kier alpha value is -0.450. The van der Waals surface area contributed by atoms with Gasteiger partial charge in [-0.25, -0.2) is 0 Å². The number of Topliss-reactive ketones (excluding diaryl/α,β-unsaturated/α-hetero) is 1. The van der Waals surface area contributed by atoms with Crippen molar-refractivity contribution in [3.05, 3.63) is 0 Å². The molecule has 0 heterocycles. The first-order chi connectivity index (χ1) is 13.6. The molecule has 0 saturated heterocycles. The van der Waals surface area contributed by atoms with Crippen LogP contribution in [0.15, 0.2) is 0 Å². The number of ketones is 1. The van der Waals surface area contributed by atoms with Crippen LogP contribution < -0.4 is 5.73 Å². The van der Waals surface area contributed by atoms with E-state index in [4.69, 9.17) is 5.73 Å². The average molecular weight is 406 g/mol. The van der Waals surface area contributed by atoms with Crippen LogP contribution in [0.1, 0.15) is 85.5 Å². The SMILES string of the molecule is CC(=O)CC[C@@H](C)[C@H]1CCC2C3C(C[C@H](O)[C@@]21C)[C@@]1(C)CC[C@H](N)CC1C[C@H]3O. The maximum absolute atomic E-state index is 11.5. The quantitative estimate of drug-likeness (QED) is 0.662. The number of carbonyl (C=O) groups excluding carboxylic acids is 1. The second kappa shape index (κ2) is 7.60. The van der Waals surface area contributed by atoms with Crippen molar-refractivity contribution in [2.45, 2.75) is 104 Å². The lowest BCUT2D eigenvalue weighted by Crippen LogP contribution is -2.62. The molecule has 0 radical (unpaired) electrons. The number of carbonyl (C=O) groups is 1. The lowest BCUT2D eigenvalue weighted by Gasteiger charge is -2.63. The molecule has 11 atom stereocenters. The number of nitrogens with two attached hydrogens (primary N) is 1. The van der Waals surface area contributed by atoms with Gasteiger partial charge in [0.15, 0.2) is 0 Å². The van der Waals surface area contributed by atoms with Gasteiger partial charge in [0, 0.05) is 12.5 Å². The van der Waals surface area contributed by atoms with Crippen LogP contribution in [0.4, 0.5) is 0 Å². The molecule has 4 saturated carbocycles. The number of aliphatic hydroxyl groups is 2. The highest BCUT2D eigenvalue weighted by atomic mass is 16.3. The lowest BCUT2D eigenvalue weighted by atomic mass is 9.43. The summed E-state index contributed by atoms with van der Waals surface area (Å²) < 4.78 is 0. The number of aliphatic hydroxyl groups excluding tert-OH is 2. The third kappa shape index (κ3) is 3.32. The zero-order valence-corrected chi connectivity index (χ0v) is 18.9. The minimum Gasteiger partial charge on any atom is -0.393 e. The Kier molecular flexibility index (Phi) is 5.71. The number of fused-ring (bicyclic) bond motifs is 5. The molecule has 0 aromatic carbocycles. The Labute approximate surface area is 177 Å². The summed E-state index contributed by atoms with van der Waals surface area (Å²) in [5.74, 6) is 2.75. The van der Waals surface area contributed by atoms with Crippen molar-refractivity contribution in [1.82, 2.24) is 0 Å². The van der Waals surface area contributed by atoms with Gasteiger partial charge >= 0.3 is 0 Å². The number of hydrogen-bond donors (Lipinski definition) is 3. The fourth-order valence-electron chi connectivity index (χ4n) is 8.82. The zero-order chi connectivity index (χ0) is 21.1.